The number of hydrogen-bond acceptors (Lipinski definition) is 4. The number of nitrogens with zero attached hydrogens (tertiary/aromatic N) is 2. The SMILES string of the molecule is N.Nc1cnnc2ccccc12. The van der Waals surface area contributed by atoms with Gasteiger partial charge in [-0.15, -0.1) is 0 Å². The number of benzene rings is 1. The lowest BCUT2D eigenvalue weighted by molar-refractivity contribution is 1.08. The zero-order chi connectivity index (χ0) is 7.68. The van der Waals surface area contributed by atoms with Gasteiger partial charge in [-0.1, -0.05) is 18.2 Å². The van der Waals surface area contributed by atoms with Gasteiger partial charge in [0.2, 0.25) is 0 Å². The second kappa shape index (κ2) is 3.15. The van der Waals surface area contributed by atoms with Crippen molar-refractivity contribution in [1.29, 1.82) is 0 Å². The van der Waals surface area contributed by atoms with Crippen molar-refractivity contribution in [2.45, 2.75) is 0 Å². The Hall–Kier alpha value is -1.68. The highest BCUT2D eigenvalue weighted by Gasteiger charge is 1.95. The second-order valence-corrected chi connectivity index (χ2v) is 2.32. The van der Waals surface area contributed by atoms with Crippen LogP contribution in [0, 0.1) is 0 Å². The lowest BCUT2D eigenvalue weighted by Gasteiger charge is -1.96. The first-order chi connectivity index (χ1) is 5.38. The number of rotatable bonds is 0. The zero-order valence-electron chi connectivity index (χ0n) is 6.57. The van der Waals surface area contributed by atoms with Crippen LogP contribution >= 0.6 is 0 Å². The van der Waals surface area contributed by atoms with Crippen LogP contribution in [-0.4, -0.2) is 10.2 Å². The Morgan fingerprint density at radius 2 is 1.92 bits per heavy atom. The van der Waals surface area contributed by atoms with Crippen molar-refractivity contribution in [3.8, 4) is 0 Å². The first-order valence-electron chi connectivity index (χ1n) is 3.34. The van der Waals surface area contributed by atoms with E-state index >= 15 is 0 Å². The van der Waals surface area contributed by atoms with E-state index in [1.165, 1.54) is 0 Å². The van der Waals surface area contributed by atoms with Gasteiger partial charge in [0.1, 0.15) is 0 Å². The average Bonchev–Trinajstić information content (AvgIpc) is 2.06. The van der Waals surface area contributed by atoms with E-state index in [0.29, 0.717) is 5.69 Å². The fourth-order valence-corrected chi connectivity index (χ4v) is 1.03. The van der Waals surface area contributed by atoms with E-state index in [0.717, 1.165) is 10.9 Å². The molecular weight excluding hydrogens is 152 g/mol. The summed E-state index contributed by atoms with van der Waals surface area (Å²) in [6.07, 6.45) is 1.56. The molecule has 0 fully saturated rings. The molecule has 2 rings (SSSR count). The molecule has 0 unspecified atom stereocenters. The summed E-state index contributed by atoms with van der Waals surface area (Å²) < 4.78 is 0. The van der Waals surface area contributed by atoms with Gasteiger partial charge in [0.25, 0.3) is 0 Å². The van der Waals surface area contributed by atoms with E-state index in [-0.39, 0.29) is 6.15 Å². The Labute approximate surface area is 70.0 Å². The van der Waals surface area contributed by atoms with E-state index in [4.69, 9.17) is 5.73 Å². The molecule has 1 heterocycles. The Morgan fingerprint density at radius 1 is 1.17 bits per heavy atom. The Kier molecular flexibility index (Phi) is 2.21. The van der Waals surface area contributed by atoms with E-state index in [2.05, 4.69) is 10.2 Å². The van der Waals surface area contributed by atoms with Gasteiger partial charge in [-0.2, -0.15) is 10.2 Å². The van der Waals surface area contributed by atoms with E-state index < -0.39 is 0 Å². The highest BCUT2D eigenvalue weighted by atomic mass is 15.1. The Morgan fingerprint density at radius 3 is 2.67 bits per heavy atom. The molecule has 0 radical (unpaired) electrons. The maximum Gasteiger partial charge on any atom is 0.0950 e. The standard InChI is InChI=1S/C8H7N3.H3N/c9-7-5-10-11-8-4-2-1-3-6(7)8;/h1-5H,(H2,9,11);1H3. The van der Waals surface area contributed by atoms with Crippen LogP contribution in [0.4, 0.5) is 5.69 Å². The van der Waals surface area contributed by atoms with Crippen LogP contribution in [0.5, 0.6) is 0 Å². The fourth-order valence-electron chi connectivity index (χ4n) is 1.03. The highest BCUT2D eigenvalue weighted by molar-refractivity contribution is 5.88. The molecule has 0 atom stereocenters. The summed E-state index contributed by atoms with van der Waals surface area (Å²) in [7, 11) is 0. The van der Waals surface area contributed by atoms with Crippen LogP contribution in [0.3, 0.4) is 0 Å². The molecule has 4 nitrogen and oxygen atoms in total. The molecular formula is C8H10N4. The maximum atomic E-state index is 5.65. The zero-order valence-corrected chi connectivity index (χ0v) is 6.57. The largest absolute Gasteiger partial charge is 0.397 e. The second-order valence-electron chi connectivity index (χ2n) is 2.32. The van der Waals surface area contributed by atoms with Gasteiger partial charge < -0.3 is 11.9 Å². The molecule has 0 aliphatic heterocycles. The van der Waals surface area contributed by atoms with Crippen molar-refractivity contribution in [2.75, 3.05) is 5.73 Å². The van der Waals surface area contributed by atoms with Gasteiger partial charge in [-0.3, -0.25) is 0 Å². The van der Waals surface area contributed by atoms with Crippen molar-refractivity contribution < 1.29 is 0 Å². The van der Waals surface area contributed by atoms with Crippen LogP contribution in [0.25, 0.3) is 10.9 Å². The predicted molar refractivity (Wildman–Crippen MR) is 49.0 cm³/mol. The minimum Gasteiger partial charge on any atom is -0.397 e. The Balaban J connectivity index is 0.000000720. The van der Waals surface area contributed by atoms with Gasteiger partial charge in [-0.25, -0.2) is 0 Å². The van der Waals surface area contributed by atoms with Crippen LogP contribution in [0.2, 0.25) is 0 Å². The molecule has 2 aromatic rings. The molecule has 12 heavy (non-hydrogen) atoms. The predicted octanol–water partition coefficient (Wildman–Crippen LogP) is 1.37. The molecule has 0 aliphatic carbocycles. The summed E-state index contributed by atoms with van der Waals surface area (Å²) in [4.78, 5) is 0. The molecule has 1 aromatic carbocycles. The smallest absolute Gasteiger partial charge is 0.0950 e. The average molecular weight is 162 g/mol. The number of hydrogen-bond donors (Lipinski definition) is 2. The van der Waals surface area contributed by atoms with Gasteiger partial charge in [0, 0.05) is 5.39 Å². The third-order valence-electron chi connectivity index (χ3n) is 1.58. The normalized spacial score (nSPS) is 9.33. The number of nitrogen functional groups attached to an aromatic ring is 1. The van der Waals surface area contributed by atoms with Gasteiger partial charge >= 0.3 is 0 Å². The highest BCUT2D eigenvalue weighted by Crippen LogP contribution is 2.15. The summed E-state index contributed by atoms with van der Waals surface area (Å²) in [5, 5.41) is 8.61. The molecule has 4 heteroatoms. The summed E-state index contributed by atoms with van der Waals surface area (Å²) in [6.45, 7) is 0. The van der Waals surface area contributed by atoms with E-state index in [1.54, 1.807) is 6.20 Å². The molecule has 0 bridgehead atoms. The topological polar surface area (TPSA) is 86.8 Å². The summed E-state index contributed by atoms with van der Waals surface area (Å²) in [5.74, 6) is 0. The van der Waals surface area contributed by atoms with Gasteiger partial charge in [0.15, 0.2) is 0 Å². The lowest BCUT2D eigenvalue weighted by atomic mass is 10.2. The van der Waals surface area contributed by atoms with Gasteiger partial charge in [0.05, 0.1) is 17.4 Å². The first-order valence-corrected chi connectivity index (χ1v) is 3.34. The number of aromatic nitrogens is 2. The van der Waals surface area contributed by atoms with Crippen molar-refractivity contribution in [3.05, 3.63) is 30.5 Å². The molecule has 0 saturated heterocycles. The van der Waals surface area contributed by atoms with Gasteiger partial charge in [-0.05, 0) is 6.07 Å². The van der Waals surface area contributed by atoms with Crippen LogP contribution < -0.4 is 11.9 Å². The summed E-state index contributed by atoms with van der Waals surface area (Å²) >= 11 is 0. The van der Waals surface area contributed by atoms with E-state index in [1.807, 2.05) is 24.3 Å². The summed E-state index contributed by atoms with van der Waals surface area (Å²) in [6, 6.07) is 7.66. The first kappa shape index (κ1) is 8.42. The number of anilines is 1. The molecule has 0 aliphatic rings. The van der Waals surface area contributed by atoms with E-state index in [9.17, 15) is 0 Å². The van der Waals surface area contributed by atoms with Crippen molar-refractivity contribution in [1.82, 2.24) is 16.3 Å². The minimum absolute atomic E-state index is 0. The van der Waals surface area contributed by atoms with Crippen molar-refractivity contribution >= 4 is 16.6 Å². The lowest BCUT2D eigenvalue weighted by Crippen LogP contribution is -1.90. The molecule has 1 aromatic heterocycles. The maximum absolute atomic E-state index is 5.65. The molecule has 0 saturated carbocycles. The molecule has 62 valence electrons. The van der Waals surface area contributed by atoms with Crippen LogP contribution in [-0.2, 0) is 0 Å². The van der Waals surface area contributed by atoms with Crippen molar-refractivity contribution in [2.24, 2.45) is 0 Å². The monoisotopic (exact) mass is 162 g/mol. The third kappa shape index (κ3) is 1.19. The molecule has 0 amide bonds. The molecule has 0 spiro atoms. The van der Waals surface area contributed by atoms with Crippen LogP contribution in [0.1, 0.15) is 0 Å². The van der Waals surface area contributed by atoms with Crippen LogP contribution in [0.15, 0.2) is 30.5 Å². The quantitative estimate of drug-likeness (QED) is 0.612. The molecule has 5 N–H and O–H groups in total. The number of fused-ring (bicyclic) bond motifs is 1. The van der Waals surface area contributed by atoms with Crippen molar-refractivity contribution in [3.63, 3.8) is 0 Å². The Bertz CT molecular complexity index is 380. The summed E-state index contributed by atoms with van der Waals surface area (Å²) in [5.41, 5.74) is 7.17. The third-order valence-corrected chi connectivity index (χ3v) is 1.58. The minimum atomic E-state index is 0. The fraction of sp³-hybridized carbons (Fsp3) is 0. The number of nitrogens with two attached hydrogens (primary N) is 1.